The van der Waals surface area contributed by atoms with E-state index < -0.39 is 0 Å². The summed E-state index contributed by atoms with van der Waals surface area (Å²) in [7, 11) is 0. The van der Waals surface area contributed by atoms with Gasteiger partial charge in [0.2, 0.25) is 0 Å². The normalized spacial score (nSPS) is 28.1. The lowest BCUT2D eigenvalue weighted by molar-refractivity contribution is 0.185. The highest BCUT2D eigenvalue weighted by Crippen LogP contribution is 2.09. The van der Waals surface area contributed by atoms with E-state index in [1.54, 1.807) is 0 Å². The van der Waals surface area contributed by atoms with Gasteiger partial charge in [-0.3, -0.25) is 4.90 Å². The van der Waals surface area contributed by atoms with Crippen molar-refractivity contribution < 1.29 is 0 Å². The van der Waals surface area contributed by atoms with Gasteiger partial charge < -0.3 is 10.2 Å². The summed E-state index contributed by atoms with van der Waals surface area (Å²) in [4.78, 5) is 4.87. The first-order chi connectivity index (χ1) is 7.90. The molecular weight excluding hydrogens is 200 g/mol. The Morgan fingerprint density at radius 3 is 2.75 bits per heavy atom. The van der Waals surface area contributed by atoms with Crippen molar-refractivity contribution in [1.82, 2.24) is 15.1 Å². The van der Waals surface area contributed by atoms with Gasteiger partial charge in [-0.2, -0.15) is 5.26 Å². The molecule has 16 heavy (non-hydrogen) atoms. The van der Waals surface area contributed by atoms with Crippen LogP contribution >= 0.6 is 0 Å². The summed E-state index contributed by atoms with van der Waals surface area (Å²) in [5.41, 5.74) is 0. The first kappa shape index (κ1) is 11.8. The maximum absolute atomic E-state index is 9.03. The molecule has 90 valence electrons. The van der Waals surface area contributed by atoms with Crippen molar-refractivity contribution in [2.24, 2.45) is 0 Å². The Morgan fingerprint density at radius 1 is 1.19 bits per heavy atom. The molecule has 0 bridgehead atoms. The second-order valence-corrected chi connectivity index (χ2v) is 4.79. The van der Waals surface area contributed by atoms with Gasteiger partial charge in [-0.25, -0.2) is 0 Å². The molecule has 2 fully saturated rings. The van der Waals surface area contributed by atoms with Crippen LogP contribution in [0.25, 0.3) is 0 Å². The third-order valence-electron chi connectivity index (χ3n) is 3.62. The van der Waals surface area contributed by atoms with Crippen LogP contribution in [0.4, 0.5) is 0 Å². The summed E-state index contributed by atoms with van der Waals surface area (Å²) in [5.74, 6) is 0. The minimum Gasteiger partial charge on any atom is -0.313 e. The van der Waals surface area contributed by atoms with Crippen molar-refractivity contribution in [2.75, 3.05) is 45.8 Å². The lowest BCUT2D eigenvalue weighted by Crippen LogP contribution is -2.51. The number of nitrogens with one attached hydrogen (secondary N) is 1. The Balaban J connectivity index is 1.65. The Labute approximate surface area is 98.2 Å². The molecule has 1 atom stereocenters. The van der Waals surface area contributed by atoms with Crippen LogP contribution in [0.2, 0.25) is 0 Å². The SMILES string of the molecule is N#CC1CNCCN1CCCN1CCCC1. The first-order valence-electron chi connectivity index (χ1n) is 6.47. The van der Waals surface area contributed by atoms with Gasteiger partial charge in [0.25, 0.3) is 0 Å². The van der Waals surface area contributed by atoms with Crippen molar-refractivity contribution in [3.8, 4) is 6.07 Å². The zero-order valence-electron chi connectivity index (χ0n) is 9.99. The summed E-state index contributed by atoms with van der Waals surface area (Å²) >= 11 is 0. The molecule has 1 N–H and O–H groups in total. The summed E-state index contributed by atoms with van der Waals surface area (Å²) < 4.78 is 0. The average Bonchev–Trinajstić information content (AvgIpc) is 2.83. The second kappa shape index (κ2) is 6.19. The van der Waals surface area contributed by atoms with Gasteiger partial charge in [0.15, 0.2) is 0 Å². The van der Waals surface area contributed by atoms with Gasteiger partial charge in [0.05, 0.1) is 6.07 Å². The molecule has 2 aliphatic heterocycles. The quantitative estimate of drug-likeness (QED) is 0.741. The molecule has 0 aromatic carbocycles. The van der Waals surface area contributed by atoms with Crippen molar-refractivity contribution in [3.63, 3.8) is 0 Å². The third kappa shape index (κ3) is 3.18. The summed E-state index contributed by atoms with van der Waals surface area (Å²) in [6, 6.07) is 2.47. The van der Waals surface area contributed by atoms with Crippen molar-refractivity contribution >= 4 is 0 Å². The topological polar surface area (TPSA) is 42.3 Å². The van der Waals surface area contributed by atoms with E-state index in [-0.39, 0.29) is 6.04 Å². The lowest BCUT2D eigenvalue weighted by Gasteiger charge is -2.32. The molecule has 2 heterocycles. The third-order valence-corrected chi connectivity index (χ3v) is 3.62. The van der Waals surface area contributed by atoms with Crippen LogP contribution in [0, 0.1) is 11.3 Å². The molecule has 0 aliphatic carbocycles. The van der Waals surface area contributed by atoms with Gasteiger partial charge in [-0.15, -0.1) is 0 Å². The van der Waals surface area contributed by atoms with Crippen molar-refractivity contribution in [2.45, 2.75) is 25.3 Å². The minimum atomic E-state index is 0.0901. The van der Waals surface area contributed by atoms with E-state index in [0.717, 1.165) is 26.2 Å². The van der Waals surface area contributed by atoms with Crippen LogP contribution in [0.15, 0.2) is 0 Å². The summed E-state index contributed by atoms with van der Waals surface area (Å²) in [6.45, 7) is 7.74. The van der Waals surface area contributed by atoms with Gasteiger partial charge in [0, 0.05) is 26.2 Å². The van der Waals surface area contributed by atoms with E-state index >= 15 is 0 Å². The molecule has 0 aromatic heterocycles. The van der Waals surface area contributed by atoms with Gasteiger partial charge in [0.1, 0.15) is 6.04 Å². The predicted octanol–water partition coefficient (Wildman–Crippen LogP) is 0.270. The fourth-order valence-corrected chi connectivity index (χ4v) is 2.64. The van der Waals surface area contributed by atoms with Crippen molar-refractivity contribution in [1.29, 1.82) is 5.26 Å². The van der Waals surface area contributed by atoms with Crippen LogP contribution in [0.3, 0.4) is 0 Å². The molecule has 0 radical (unpaired) electrons. The highest BCUT2D eigenvalue weighted by molar-refractivity contribution is 4.96. The molecule has 2 saturated heterocycles. The van der Waals surface area contributed by atoms with Gasteiger partial charge in [-0.05, 0) is 38.9 Å². The number of likely N-dealkylation sites (tertiary alicyclic amines) is 1. The van der Waals surface area contributed by atoms with E-state index in [0.29, 0.717) is 0 Å². The lowest BCUT2D eigenvalue weighted by atomic mass is 10.2. The second-order valence-electron chi connectivity index (χ2n) is 4.79. The standard InChI is InChI=1S/C12H22N4/c13-10-12-11-14-4-9-16(12)8-3-7-15-5-1-2-6-15/h12,14H,1-9,11H2. The maximum atomic E-state index is 9.03. The van der Waals surface area contributed by atoms with Crippen LogP contribution in [0.1, 0.15) is 19.3 Å². The van der Waals surface area contributed by atoms with E-state index in [4.69, 9.17) is 5.26 Å². The Hall–Kier alpha value is -0.630. The average molecular weight is 222 g/mol. The number of hydrogen-bond donors (Lipinski definition) is 1. The van der Waals surface area contributed by atoms with Gasteiger partial charge in [-0.1, -0.05) is 0 Å². The highest BCUT2D eigenvalue weighted by atomic mass is 15.2. The van der Waals surface area contributed by atoms with E-state index in [2.05, 4.69) is 21.2 Å². The fraction of sp³-hybridized carbons (Fsp3) is 0.917. The number of nitrogens with zero attached hydrogens (tertiary/aromatic N) is 3. The molecule has 2 aliphatic rings. The number of piperazine rings is 1. The molecule has 0 aromatic rings. The molecule has 0 saturated carbocycles. The number of rotatable bonds is 4. The number of hydrogen-bond acceptors (Lipinski definition) is 4. The predicted molar refractivity (Wildman–Crippen MR) is 64.1 cm³/mol. The largest absolute Gasteiger partial charge is 0.313 e. The zero-order chi connectivity index (χ0) is 11.2. The minimum absolute atomic E-state index is 0.0901. The number of nitriles is 1. The molecular formula is C12H22N4. The Bertz CT molecular complexity index is 242. The van der Waals surface area contributed by atoms with Crippen LogP contribution in [-0.2, 0) is 0 Å². The van der Waals surface area contributed by atoms with Crippen molar-refractivity contribution in [3.05, 3.63) is 0 Å². The summed E-state index contributed by atoms with van der Waals surface area (Å²) in [6.07, 6.45) is 3.95. The maximum Gasteiger partial charge on any atom is 0.110 e. The molecule has 4 heteroatoms. The van der Waals surface area contributed by atoms with Crippen LogP contribution < -0.4 is 5.32 Å². The Morgan fingerprint density at radius 2 is 2.00 bits per heavy atom. The molecule has 1 unspecified atom stereocenters. The first-order valence-corrected chi connectivity index (χ1v) is 6.47. The summed E-state index contributed by atoms with van der Waals surface area (Å²) in [5, 5.41) is 12.3. The fourth-order valence-electron chi connectivity index (χ4n) is 2.64. The van der Waals surface area contributed by atoms with E-state index in [1.807, 2.05) is 0 Å². The highest BCUT2D eigenvalue weighted by Gasteiger charge is 2.21. The molecule has 4 nitrogen and oxygen atoms in total. The zero-order valence-corrected chi connectivity index (χ0v) is 9.99. The molecule has 0 amide bonds. The van der Waals surface area contributed by atoms with E-state index in [9.17, 15) is 0 Å². The van der Waals surface area contributed by atoms with Gasteiger partial charge >= 0.3 is 0 Å². The monoisotopic (exact) mass is 222 g/mol. The van der Waals surface area contributed by atoms with Crippen LogP contribution in [-0.4, -0.2) is 61.7 Å². The molecule has 2 rings (SSSR count). The van der Waals surface area contributed by atoms with E-state index in [1.165, 1.54) is 38.9 Å². The smallest absolute Gasteiger partial charge is 0.110 e. The van der Waals surface area contributed by atoms with Crippen LogP contribution in [0.5, 0.6) is 0 Å². The molecule has 0 spiro atoms. The Kier molecular flexibility index (Phi) is 4.58.